The second-order valence-corrected chi connectivity index (χ2v) is 4.97. The van der Waals surface area contributed by atoms with Gasteiger partial charge in [0, 0.05) is 0 Å². The summed E-state index contributed by atoms with van der Waals surface area (Å²) in [5.41, 5.74) is 3.85. The molecule has 0 fully saturated rings. The third-order valence-electron chi connectivity index (χ3n) is 2.61. The summed E-state index contributed by atoms with van der Waals surface area (Å²) in [6.07, 6.45) is 0. The van der Waals surface area contributed by atoms with E-state index in [2.05, 4.69) is 18.8 Å². The van der Waals surface area contributed by atoms with Crippen LogP contribution in [0.2, 0.25) is 0 Å². The zero-order valence-corrected chi connectivity index (χ0v) is 10.5. The highest BCUT2D eigenvalue weighted by Crippen LogP contribution is 2.28. The topological polar surface area (TPSA) is 50.2 Å². The van der Waals surface area contributed by atoms with E-state index >= 15 is 0 Å². The summed E-state index contributed by atoms with van der Waals surface area (Å²) in [4.78, 5) is 15.6. The van der Waals surface area contributed by atoms with Crippen LogP contribution in [0, 0.1) is 0 Å². The van der Waals surface area contributed by atoms with Gasteiger partial charge in [0.1, 0.15) is 0 Å². The van der Waals surface area contributed by atoms with E-state index in [0.29, 0.717) is 10.8 Å². The van der Waals surface area contributed by atoms with Crippen LogP contribution in [0.3, 0.4) is 0 Å². The SMILES string of the molecule is CC(C)c1ccc(-c2scnc2C(=O)O)cc1. The van der Waals surface area contributed by atoms with Crippen molar-refractivity contribution < 1.29 is 9.90 Å². The molecule has 0 radical (unpaired) electrons. The summed E-state index contributed by atoms with van der Waals surface area (Å²) in [5, 5.41) is 9.00. The molecule has 0 aliphatic carbocycles. The molecule has 88 valence electrons. The van der Waals surface area contributed by atoms with Crippen LogP contribution in [0.25, 0.3) is 10.4 Å². The van der Waals surface area contributed by atoms with Gasteiger partial charge in [-0.25, -0.2) is 9.78 Å². The van der Waals surface area contributed by atoms with Crippen molar-refractivity contribution in [1.82, 2.24) is 4.98 Å². The zero-order chi connectivity index (χ0) is 12.4. The monoisotopic (exact) mass is 247 g/mol. The third-order valence-corrected chi connectivity index (χ3v) is 3.49. The van der Waals surface area contributed by atoms with Crippen molar-refractivity contribution in [2.24, 2.45) is 0 Å². The first-order chi connectivity index (χ1) is 8.09. The van der Waals surface area contributed by atoms with Crippen LogP contribution in [0.1, 0.15) is 35.8 Å². The molecule has 2 aromatic rings. The van der Waals surface area contributed by atoms with E-state index in [1.54, 1.807) is 5.51 Å². The Labute approximate surface area is 104 Å². The minimum atomic E-state index is -0.978. The van der Waals surface area contributed by atoms with Gasteiger partial charge < -0.3 is 5.11 Å². The number of hydrogen-bond donors (Lipinski definition) is 1. The number of nitrogens with zero attached hydrogens (tertiary/aromatic N) is 1. The smallest absolute Gasteiger partial charge is 0.356 e. The minimum absolute atomic E-state index is 0.132. The second kappa shape index (κ2) is 4.67. The second-order valence-electron chi connectivity index (χ2n) is 4.11. The maximum atomic E-state index is 11.0. The number of benzene rings is 1. The predicted octanol–water partition coefficient (Wildman–Crippen LogP) is 3.63. The van der Waals surface area contributed by atoms with Crippen molar-refractivity contribution in [2.75, 3.05) is 0 Å². The van der Waals surface area contributed by atoms with Gasteiger partial charge >= 0.3 is 5.97 Å². The lowest BCUT2D eigenvalue weighted by Crippen LogP contribution is -1.98. The lowest BCUT2D eigenvalue weighted by Gasteiger charge is -2.06. The van der Waals surface area contributed by atoms with Crippen molar-refractivity contribution >= 4 is 17.3 Å². The summed E-state index contributed by atoms with van der Waals surface area (Å²) >= 11 is 1.35. The van der Waals surface area contributed by atoms with Crippen molar-refractivity contribution in [3.05, 3.63) is 41.0 Å². The first-order valence-electron chi connectivity index (χ1n) is 5.36. The van der Waals surface area contributed by atoms with Gasteiger partial charge in [0.25, 0.3) is 0 Å². The number of carboxylic acid groups (broad SMARTS) is 1. The zero-order valence-electron chi connectivity index (χ0n) is 9.68. The van der Waals surface area contributed by atoms with E-state index in [-0.39, 0.29) is 5.69 Å². The fourth-order valence-electron chi connectivity index (χ4n) is 1.62. The van der Waals surface area contributed by atoms with Crippen LogP contribution in [-0.4, -0.2) is 16.1 Å². The van der Waals surface area contributed by atoms with Gasteiger partial charge in [-0.05, 0) is 17.0 Å². The third kappa shape index (κ3) is 2.36. The Morgan fingerprint density at radius 3 is 2.47 bits per heavy atom. The van der Waals surface area contributed by atoms with Crippen LogP contribution in [0.15, 0.2) is 29.8 Å². The first-order valence-corrected chi connectivity index (χ1v) is 6.24. The summed E-state index contributed by atoms with van der Waals surface area (Å²) in [5.74, 6) is -0.501. The average Bonchev–Trinajstić information content (AvgIpc) is 2.78. The highest BCUT2D eigenvalue weighted by atomic mass is 32.1. The maximum Gasteiger partial charge on any atom is 0.356 e. The highest BCUT2D eigenvalue weighted by Gasteiger charge is 2.14. The van der Waals surface area contributed by atoms with Gasteiger partial charge in [-0.1, -0.05) is 38.1 Å². The number of thiazole rings is 1. The van der Waals surface area contributed by atoms with Crippen molar-refractivity contribution in [3.8, 4) is 10.4 Å². The van der Waals surface area contributed by atoms with E-state index in [9.17, 15) is 4.79 Å². The Kier molecular flexibility index (Phi) is 3.24. The molecular weight excluding hydrogens is 234 g/mol. The van der Waals surface area contributed by atoms with E-state index < -0.39 is 5.97 Å². The van der Waals surface area contributed by atoms with Crippen LogP contribution in [0.5, 0.6) is 0 Å². The van der Waals surface area contributed by atoms with Gasteiger partial charge in [-0.15, -0.1) is 11.3 Å². The van der Waals surface area contributed by atoms with Gasteiger partial charge in [0.2, 0.25) is 0 Å². The fourth-order valence-corrected chi connectivity index (χ4v) is 2.41. The van der Waals surface area contributed by atoms with Gasteiger partial charge in [-0.2, -0.15) is 0 Å². The Morgan fingerprint density at radius 1 is 1.29 bits per heavy atom. The van der Waals surface area contributed by atoms with Gasteiger partial charge in [-0.3, -0.25) is 0 Å². The summed E-state index contributed by atoms with van der Waals surface area (Å²) < 4.78 is 0. The molecule has 1 aromatic heterocycles. The normalized spacial score (nSPS) is 10.8. The Hall–Kier alpha value is -1.68. The van der Waals surface area contributed by atoms with Gasteiger partial charge in [0.05, 0.1) is 10.4 Å². The molecule has 0 atom stereocenters. The minimum Gasteiger partial charge on any atom is -0.476 e. The largest absolute Gasteiger partial charge is 0.476 e. The van der Waals surface area contributed by atoms with E-state index in [4.69, 9.17) is 5.11 Å². The number of rotatable bonds is 3. The molecule has 1 heterocycles. The molecule has 1 N–H and O–H groups in total. The number of hydrogen-bond acceptors (Lipinski definition) is 3. The predicted molar refractivity (Wildman–Crippen MR) is 68.6 cm³/mol. The molecule has 0 unspecified atom stereocenters. The quantitative estimate of drug-likeness (QED) is 0.901. The van der Waals surface area contributed by atoms with Crippen LogP contribution >= 0.6 is 11.3 Å². The van der Waals surface area contributed by atoms with E-state index in [1.807, 2.05) is 24.3 Å². The molecule has 17 heavy (non-hydrogen) atoms. The number of aromatic carboxylic acids is 1. The molecule has 0 saturated heterocycles. The summed E-state index contributed by atoms with van der Waals surface area (Å²) in [7, 11) is 0. The van der Waals surface area contributed by atoms with Crippen molar-refractivity contribution in [2.45, 2.75) is 19.8 Å². The molecule has 3 nitrogen and oxygen atoms in total. The van der Waals surface area contributed by atoms with Crippen LogP contribution in [0.4, 0.5) is 0 Å². The first kappa shape index (κ1) is 11.8. The Balaban J connectivity index is 2.40. The van der Waals surface area contributed by atoms with Crippen LogP contribution in [-0.2, 0) is 0 Å². The molecule has 1 aromatic carbocycles. The number of carboxylic acids is 1. The standard InChI is InChI=1S/C13H13NO2S/c1-8(2)9-3-5-10(6-4-9)12-11(13(15)16)14-7-17-12/h3-8H,1-2H3,(H,15,16). The number of aromatic nitrogens is 1. The molecule has 4 heteroatoms. The molecule has 0 amide bonds. The molecule has 0 aliphatic heterocycles. The van der Waals surface area contributed by atoms with Crippen LogP contribution < -0.4 is 0 Å². The molecule has 0 saturated carbocycles. The lowest BCUT2D eigenvalue weighted by molar-refractivity contribution is 0.0692. The Bertz CT molecular complexity index is 529. The maximum absolute atomic E-state index is 11.0. The van der Waals surface area contributed by atoms with E-state index in [1.165, 1.54) is 16.9 Å². The summed E-state index contributed by atoms with van der Waals surface area (Å²) in [6, 6.07) is 7.97. The molecule has 0 bridgehead atoms. The molecular formula is C13H13NO2S. The molecule has 0 aliphatic rings. The number of carbonyl (C=O) groups is 1. The van der Waals surface area contributed by atoms with Crippen molar-refractivity contribution in [1.29, 1.82) is 0 Å². The summed E-state index contributed by atoms with van der Waals surface area (Å²) in [6.45, 7) is 4.26. The van der Waals surface area contributed by atoms with Gasteiger partial charge in [0.15, 0.2) is 5.69 Å². The van der Waals surface area contributed by atoms with Crippen molar-refractivity contribution in [3.63, 3.8) is 0 Å². The average molecular weight is 247 g/mol. The highest BCUT2D eigenvalue weighted by molar-refractivity contribution is 7.13. The molecule has 0 spiro atoms. The fraction of sp³-hybridized carbons (Fsp3) is 0.231. The Morgan fingerprint density at radius 2 is 1.94 bits per heavy atom. The molecule has 2 rings (SSSR count). The van der Waals surface area contributed by atoms with E-state index in [0.717, 1.165) is 5.56 Å². The lowest BCUT2D eigenvalue weighted by atomic mass is 10.0.